The molecule has 0 radical (unpaired) electrons. The fourth-order valence-corrected chi connectivity index (χ4v) is 3.01. The Hall–Kier alpha value is -1.26. The number of aryl methyl sites for hydroxylation is 2. The van der Waals surface area contributed by atoms with Crippen molar-refractivity contribution in [1.82, 2.24) is 0 Å². The van der Waals surface area contributed by atoms with E-state index >= 15 is 0 Å². The Morgan fingerprint density at radius 2 is 1.00 bits per heavy atom. The van der Waals surface area contributed by atoms with Gasteiger partial charge in [-0.15, -0.1) is 0 Å². The molecule has 0 saturated heterocycles. The number of hydrogen-bond acceptors (Lipinski definition) is 2. The summed E-state index contributed by atoms with van der Waals surface area (Å²) >= 11 is 6.37. The van der Waals surface area contributed by atoms with Crippen LogP contribution < -0.4 is 0 Å². The summed E-state index contributed by atoms with van der Waals surface area (Å²) in [6.07, 6.45) is 2.99. The third-order valence-corrected chi connectivity index (χ3v) is 4.74. The second-order valence-corrected chi connectivity index (χ2v) is 6.48. The quantitative estimate of drug-likeness (QED) is 0.429. The average Bonchev–Trinajstić information content (AvgIpc) is 2.61. The van der Waals surface area contributed by atoms with E-state index in [-0.39, 0.29) is 11.6 Å². The van der Waals surface area contributed by atoms with Crippen LogP contribution in [-0.4, -0.2) is 22.2 Å². The summed E-state index contributed by atoms with van der Waals surface area (Å²) in [5, 5.41) is 0.722. The Morgan fingerprint density at radius 1 is 0.652 bits per heavy atom. The van der Waals surface area contributed by atoms with Crippen LogP contribution in [-0.2, 0) is 12.8 Å². The molecule has 0 heterocycles. The van der Waals surface area contributed by atoms with E-state index in [1.54, 1.807) is 0 Å². The van der Waals surface area contributed by atoms with Crippen molar-refractivity contribution in [3.05, 3.63) is 70.8 Å². The van der Waals surface area contributed by atoms with Crippen molar-refractivity contribution in [2.75, 3.05) is 10.7 Å². The van der Waals surface area contributed by atoms with Crippen molar-refractivity contribution < 1.29 is 9.59 Å². The normalized spacial score (nSPS) is 10.5. The number of benzene rings is 2. The number of rotatable bonds is 8. The van der Waals surface area contributed by atoms with Crippen LogP contribution in [0.4, 0.5) is 0 Å². The van der Waals surface area contributed by atoms with Crippen LogP contribution in [0, 0.1) is 0 Å². The minimum atomic E-state index is 0.106. The monoisotopic (exact) mass is 436 g/mol. The number of carbonyl (C=O) groups is 2. The maximum Gasteiger partial charge on any atom is 0.173 e. The van der Waals surface area contributed by atoms with E-state index in [1.165, 1.54) is 11.1 Å². The fraction of sp³-hybridized carbons (Fsp3) is 0.263. The number of halogens is 2. The maximum absolute atomic E-state index is 11.5. The highest BCUT2D eigenvalue weighted by Crippen LogP contribution is 2.12. The van der Waals surface area contributed by atoms with Gasteiger partial charge in [-0.05, 0) is 30.4 Å². The zero-order valence-corrected chi connectivity index (χ0v) is 15.9. The second-order valence-electron chi connectivity index (χ2n) is 5.36. The van der Waals surface area contributed by atoms with Crippen LogP contribution in [0.5, 0.6) is 0 Å². The van der Waals surface area contributed by atoms with Crippen LogP contribution in [0.25, 0.3) is 0 Å². The van der Waals surface area contributed by atoms with Gasteiger partial charge in [0.1, 0.15) is 0 Å². The Bertz CT molecular complexity index is 601. The van der Waals surface area contributed by atoms with Gasteiger partial charge in [0.25, 0.3) is 0 Å². The lowest BCUT2D eigenvalue weighted by Gasteiger charge is -2.05. The minimum Gasteiger partial charge on any atom is -0.293 e. The highest BCUT2D eigenvalue weighted by molar-refractivity contribution is 9.09. The standard InChI is InChI=1S/C19H18Br2O2/c20-12-18(22)16-8-4-14(5-9-16)2-1-3-15-6-10-17(11-7-15)19(23)13-21/h4-11H,1-3,12-13H2. The molecule has 2 aromatic carbocycles. The van der Waals surface area contributed by atoms with Gasteiger partial charge in [-0.2, -0.15) is 0 Å². The summed E-state index contributed by atoms with van der Waals surface area (Å²) < 4.78 is 0. The van der Waals surface area contributed by atoms with Crippen molar-refractivity contribution in [3.8, 4) is 0 Å². The van der Waals surface area contributed by atoms with Crippen molar-refractivity contribution in [2.24, 2.45) is 0 Å². The number of ketones is 2. The molecular weight excluding hydrogens is 420 g/mol. The Morgan fingerprint density at radius 3 is 1.30 bits per heavy atom. The Balaban J connectivity index is 1.85. The molecule has 0 aliphatic carbocycles. The molecule has 4 heteroatoms. The lowest BCUT2D eigenvalue weighted by molar-refractivity contribution is 0.101. The molecular formula is C19H18Br2O2. The van der Waals surface area contributed by atoms with E-state index in [0.717, 1.165) is 30.4 Å². The van der Waals surface area contributed by atoms with Crippen molar-refractivity contribution in [1.29, 1.82) is 0 Å². The zero-order chi connectivity index (χ0) is 16.7. The molecule has 0 spiro atoms. The first-order valence-electron chi connectivity index (χ1n) is 7.50. The van der Waals surface area contributed by atoms with Crippen molar-refractivity contribution in [2.45, 2.75) is 19.3 Å². The molecule has 0 amide bonds. The third kappa shape index (κ3) is 5.40. The predicted octanol–water partition coefficient (Wildman–Crippen LogP) is 5.02. The zero-order valence-electron chi connectivity index (χ0n) is 12.7. The van der Waals surface area contributed by atoms with Gasteiger partial charge in [-0.1, -0.05) is 80.4 Å². The van der Waals surface area contributed by atoms with Crippen LogP contribution in [0.3, 0.4) is 0 Å². The molecule has 0 unspecified atom stereocenters. The first kappa shape index (κ1) is 18.1. The van der Waals surface area contributed by atoms with Crippen LogP contribution in [0.15, 0.2) is 48.5 Å². The van der Waals surface area contributed by atoms with Gasteiger partial charge in [0.15, 0.2) is 11.6 Å². The fourth-order valence-electron chi connectivity index (χ4n) is 2.37. The van der Waals surface area contributed by atoms with E-state index in [1.807, 2.05) is 48.5 Å². The van der Waals surface area contributed by atoms with Gasteiger partial charge in [-0.3, -0.25) is 9.59 Å². The topological polar surface area (TPSA) is 34.1 Å². The number of alkyl halides is 2. The van der Waals surface area contributed by atoms with Crippen molar-refractivity contribution >= 4 is 43.4 Å². The summed E-state index contributed by atoms with van der Waals surface area (Å²) in [5.74, 6) is 0.212. The van der Waals surface area contributed by atoms with E-state index in [0.29, 0.717) is 10.7 Å². The highest BCUT2D eigenvalue weighted by Gasteiger charge is 2.05. The van der Waals surface area contributed by atoms with Crippen LogP contribution >= 0.6 is 31.9 Å². The molecule has 0 aliphatic heterocycles. The van der Waals surface area contributed by atoms with Crippen LogP contribution in [0.1, 0.15) is 38.3 Å². The van der Waals surface area contributed by atoms with Gasteiger partial charge >= 0.3 is 0 Å². The molecule has 120 valence electrons. The molecule has 2 rings (SSSR count). The third-order valence-electron chi connectivity index (χ3n) is 3.73. The summed E-state index contributed by atoms with van der Waals surface area (Å²) in [4.78, 5) is 23.1. The second kappa shape index (κ2) is 9.14. The SMILES string of the molecule is O=C(CBr)c1ccc(CCCc2ccc(C(=O)CBr)cc2)cc1. The summed E-state index contributed by atoms with van der Waals surface area (Å²) in [6, 6.07) is 15.6. The van der Waals surface area contributed by atoms with E-state index in [9.17, 15) is 9.59 Å². The molecule has 0 saturated carbocycles. The Labute approximate surface area is 153 Å². The molecule has 0 fully saturated rings. The van der Waals surface area contributed by atoms with Crippen LogP contribution in [0.2, 0.25) is 0 Å². The summed E-state index contributed by atoms with van der Waals surface area (Å²) in [5.41, 5.74) is 3.97. The van der Waals surface area contributed by atoms with E-state index in [4.69, 9.17) is 0 Å². The first-order valence-corrected chi connectivity index (χ1v) is 9.74. The molecule has 0 aliphatic rings. The molecule has 23 heavy (non-hydrogen) atoms. The van der Waals surface area contributed by atoms with E-state index < -0.39 is 0 Å². The molecule has 0 bridgehead atoms. The molecule has 0 aromatic heterocycles. The summed E-state index contributed by atoms with van der Waals surface area (Å²) in [6.45, 7) is 0. The minimum absolute atomic E-state index is 0.106. The number of carbonyl (C=O) groups excluding carboxylic acids is 2. The Kier molecular flexibility index (Phi) is 7.18. The number of Topliss-reactive ketones (excluding diaryl/α,β-unsaturated/α-hetero) is 2. The van der Waals surface area contributed by atoms with E-state index in [2.05, 4.69) is 31.9 Å². The smallest absolute Gasteiger partial charge is 0.173 e. The first-order chi connectivity index (χ1) is 11.1. The van der Waals surface area contributed by atoms with Gasteiger partial charge in [0, 0.05) is 11.1 Å². The largest absolute Gasteiger partial charge is 0.293 e. The lowest BCUT2D eigenvalue weighted by atomic mass is 10.0. The maximum atomic E-state index is 11.5. The molecule has 0 N–H and O–H groups in total. The lowest BCUT2D eigenvalue weighted by Crippen LogP contribution is -2.00. The molecule has 2 aromatic rings. The van der Waals surface area contributed by atoms with Gasteiger partial charge in [0.05, 0.1) is 10.7 Å². The highest BCUT2D eigenvalue weighted by atomic mass is 79.9. The number of hydrogen-bond donors (Lipinski definition) is 0. The predicted molar refractivity (Wildman–Crippen MR) is 101 cm³/mol. The van der Waals surface area contributed by atoms with Gasteiger partial charge in [-0.25, -0.2) is 0 Å². The van der Waals surface area contributed by atoms with Crippen molar-refractivity contribution in [3.63, 3.8) is 0 Å². The summed E-state index contributed by atoms with van der Waals surface area (Å²) in [7, 11) is 0. The molecule has 0 atom stereocenters. The van der Waals surface area contributed by atoms with Gasteiger partial charge in [0.2, 0.25) is 0 Å². The van der Waals surface area contributed by atoms with Gasteiger partial charge < -0.3 is 0 Å². The molecule has 2 nitrogen and oxygen atoms in total. The average molecular weight is 438 g/mol.